The van der Waals surface area contributed by atoms with Gasteiger partial charge in [-0.05, 0) is 31.2 Å². The molecule has 8 nitrogen and oxygen atoms in total. The van der Waals surface area contributed by atoms with E-state index in [1.807, 2.05) is 4.90 Å². The van der Waals surface area contributed by atoms with Gasteiger partial charge in [0.1, 0.15) is 0 Å². The molecule has 1 aromatic heterocycles. The van der Waals surface area contributed by atoms with Gasteiger partial charge in [0.15, 0.2) is 0 Å². The predicted molar refractivity (Wildman–Crippen MR) is 122 cm³/mol. The molecule has 0 aliphatic carbocycles. The van der Waals surface area contributed by atoms with Crippen LogP contribution in [0.5, 0.6) is 0 Å². The number of non-ortho nitro benzene ring substituents is 1. The molecule has 4 rings (SSSR count). The van der Waals surface area contributed by atoms with Crippen LogP contribution in [0.25, 0.3) is 10.8 Å². The SMILES string of the molecule is CC(C(=O)Nc1ccccc1C(F)(F)F)N1CCN(c2ccc([N+](=O)[O-])c3cnccc23)CC1. The summed E-state index contributed by atoms with van der Waals surface area (Å²) in [6, 6.07) is 9.15. The van der Waals surface area contributed by atoms with Crippen LogP contribution in [0.4, 0.5) is 30.2 Å². The minimum Gasteiger partial charge on any atom is -0.368 e. The maximum Gasteiger partial charge on any atom is 0.418 e. The molecule has 1 N–H and O–H groups in total. The number of nitrogens with zero attached hydrogens (tertiary/aromatic N) is 4. The Hall–Kier alpha value is -3.73. The average molecular weight is 473 g/mol. The number of nitrogens with one attached hydrogen (secondary N) is 1. The maximum atomic E-state index is 13.2. The van der Waals surface area contributed by atoms with Gasteiger partial charge in [0.2, 0.25) is 5.91 Å². The summed E-state index contributed by atoms with van der Waals surface area (Å²) in [7, 11) is 0. The van der Waals surface area contributed by atoms with Crippen LogP contribution in [-0.4, -0.2) is 52.9 Å². The summed E-state index contributed by atoms with van der Waals surface area (Å²) in [6.07, 6.45) is -1.52. The average Bonchev–Trinajstić information content (AvgIpc) is 2.82. The molecule has 3 aromatic rings. The summed E-state index contributed by atoms with van der Waals surface area (Å²) in [5, 5.41) is 14.9. The number of aromatic nitrogens is 1. The fourth-order valence-electron chi connectivity index (χ4n) is 4.19. The smallest absolute Gasteiger partial charge is 0.368 e. The Labute approximate surface area is 193 Å². The second-order valence-electron chi connectivity index (χ2n) is 8.01. The van der Waals surface area contributed by atoms with E-state index in [0.717, 1.165) is 11.8 Å². The van der Waals surface area contributed by atoms with Crippen molar-refractivity contribution in [2.45, 2.75) is 19.1 Å². The van der Waals surface area contributed by atoms with Crippen molar-refractivity contribution < 1.29 is 22.9 Å². The Morgan fingerprint density at radius 1 is 1.09 bits per heavy atom. The molecule has 34 heavy (non-hydrogen) atoms. The monoisotopic (exact) mass is 473 g/mol. The van der Waals surface area contributed by atoms with Gasteiger partial charge in [0, 0.05) is 55.7 Å². The number of fused-ring (bicyclic) bond motifs is 1. The summed E-state index contributed by atoms with van der Waals surface area (Å²) in [4.78, 5) is 31.6. The normalized spacial score (nSPS) is 15.8. The van der Waals surface area contributed by atoms with Gasteiger partial charge in [-0.25, -0.2) is 0 Å². The third-order valence-electron chi connectivity index (χ3n) is 6.04. The van der Waals surface area contributed by atoms with Crippen LogP contribution >= 0.6 is 0 Å². The zero-order valence-corrected chi connectivity index (χ0v) is 18.2. The van der Waals surface area contributed by atoms with E-state index < -0.39 is 28.6 Å². The molecule has 1 unspecified atom stereocenters. The highest BCUT2D eigenvalue weighted by Crippen LogP contribution is 2.35. The van der Waals surface area contributed by atoms with E-state index in [-0.39, 0.29) is 11.4 Å². The molecule has 0 radical (unpaired) electrons. The van der Waals surface area contributed by atoms with E-state index in [1.165, 1.54) is 30.5 Å². The number of carbonyl (C=O) groups excluding carboxylic acids is 1. The molecule has 1 aliphatic heterocycles. The molecule has 0 bridgehead atoms. The lowest BCUT2D eigenvalue weighted by molar-refractivity contribution is -0.383. The Morgan fingerprint density at radius 3 is 2.47 bits per heavy atom. The van der Waals surface area contributed by atoms with Gasteiger partial charge >= 0.3 is 6.18 Å². The summed E-state index contributed by atoms with van der Waals surface area (Å²) >= 11 is 0. The summed E-state index contributed by atoms with van der Waals surface area (Å²) in [5.41, 5.74) is -0.342. The van der Waals surface area contributed by atoms with Crippen LogP contribution in [0, 0.1) is 10.1 Å². The van der Waals surface area contributed by atoms with E-state index >= 15 is 0 Å². The molecule has 2 aromatic carbocycles. The Kier molecular flexibility index (Phi) is 6.38. The number of alkyl halides is 3. The molecule has 1 fully saturated rings. The Balaban J connectivity index is 1.45. The molecule has 1 atom stereocenters. The molecule has 2 heterocycles. The second-order valence-corrected chi connectivity index (χ2v) is 8.01. The minimum atomic E-state index is -4.57. The third-order valence-corrected chi connectivity index (χ3v) is 6.04. The van der Waals surface area contributed by atoms with Crippen LogP contribution in [0.1, 0.15) is 12.5 Å². The van der Waals surface area contributed by atoms with Crippen molar-refractivity contribution >= 4 is 33.7 Å². The standard InChI is InChI=1S/C23H22F3N5O3/c1-15(22(32)28-19-5-3-2-4-18(19)23(24,25)26)29-10-12-30(13-11-29)20-6-7-21(31(33)34)17-14-27-9-8-16(17)20/h2-9,14-15H,10-13H2,1H3,(H,28,32). The van der Waals surface area contributed by atoms with E-state index in [9.17, 15) is 28.1 Å². The lowest BCUT2D eigenvalue weighted by Gasteiger charge is -2.39. The first-order valence-corrected chi connectivity index (χ1v) is 10.6. The number of rotatable bonds is 5. The van der Waals surface area contributed by atoms with Crippen LogP contribution < -0.4 is 10.2 Å². The first kappa shape index (κ1) is 23.4. The van der Waals surface area contributed by atoms with Gasteiger partial charge in [-0.3, -0.25) is 24.8 Å². The largest absolute Gasteiger partial charge is 0.418 e. The topological polar surface area (TPSA) is 91.6 Å². The van der Waals surface area contributed by atoms with E-state index in [4.69, 9.17) is 0 Å². The van der Waals surface area contributed by atoms with E-state index in [2.05, 4.69) is 15.2 Å². The molecule has 1 saturated heterocycles. The lowest BCUT2D eigenvalue weighted by atomic mass is 10.1. The number of nitro benzene ring substituents is 1. The van der Waals surface area contributed by atoms with Crippen molar-refractivity contribution in [3.63, 3.8) is 0 Å². The number of pyridine rings is 1. The zero-order valence-electron chi connectivity index (χ0n) is 18.2. The molecule has 1 amide bonds. The van der Waals surface area contributed by atoms with Gasteiger partial charge in [-0.1, -0.05) is 12.1 Å². The molecule has 11 heteroatoms. The lowest BCUT2D eigenvalue weighted by Crippen LogP contribution is -2.53. The highest BCUT2D eigenvalue weighted by Gasteiger charge is 2.34. The Morgan fingerprint density at radius 2 is 1.79 bits per heavy atom. The minimum absolute atomic E-state index is 0.0186. The van der Waals surface area contributed by atoms with Gasteiger partial charge in [-0.15, -0.1) is 0 Å². The number of benzene rings is 2. The number of halogens is 3. The number of anilines is 2. The summed E-state index contributed by atoms with van der Waals surface area (Å²) in [5.74, 6) is -0.517. The number of hydrogen-bond donors (Lipinski definition) is 1. The molecule has 178 valence electrons. The predicted octanol–water partition coefficient (Wildman–Crippen LogP) is 4.31. The van der Waals surface area contributed by atoms with Crippen molar-refractivity contribution in [1.29, 1.82) is 0 Å². The van der Waals surface area contributed by atoms with Crippen molar-refractivity contribution in [1.82, 2.24) is 9.88 Å². The second kappa shape index (κ2) is 9.26. The van der Waals surface area contributed by atoms with Crippen molar-refractivity contribution in [3.05, 3.63) is 70.5 Å². The number of piperazine rings is 1. The highest BCUT2D eigenvalue weighted by molar-refractivity contribution is 5.99. The van der Waals surface area contributed by atoms with Gasteiger partial charge < -0.3 is 10.2 Å². The van der Waals surface area contributed by atoms with Crippen LogP contribution in [0.3, 0.4) is 0 Å². The molecular weight excluding hydrogens is 451 g/mol. The summed E-state index contributed by atoms with van der Waals surface area (Å²) < 4.78 is 39.7. The molecule has 0 spiro atoms. The van der Waals surface area contributed by atoms with E-state index in [1.54, 1.807) is 25.3 Å². The van der Waals surface area contributed by atoms with Gasteiger partial charge in [-0.2, -0.15) is 13.2 Å². The molecular formula is C23H22F3N5O3. The van der Waals surface area contributed by atoms with Crippen molar-refractivity contribution in [2.24, 2.45) is 0 Å². The van der Waals surface area contributed by atoms with Crippen LogP contribution in [-0.2, 0) is 11.0 Å². The maximum absolute atomic E-state index is 13.2. The highest BCUT2D eigenvalue weighted by atomic mass is 19.4. The van der Waals surface area contributed by atoms with Gasteiger partial charge in [0.25, 0.3) is 5.69 Å². The van der Waals surface area contributed by atoms with E-state index in [0.29, 0.717) is 37.0 Å². The zero-order chi connectivity index (χ0) is 24.5. The fourth-order valence-corrected chi connectivity index (χ4v) is 4.19. The van der Waals surface area contributed by atoms with Crippen molar-refractivity contribution in [3.8, 4) is 0 Å². The number of carbonyl (C=O) groups is 1. The number of hydrogen-bond acceptors (Lipinski definition) is 6. The molecule has 0 saturated carbocycles. The first-order valence-electron chi connectivity index (χ1n) is 10.6. The number of amides is 1. The Bertz CT molecular complexity index is 1230. The van der Waals surface area contributed by atoms with Crippen molar-refractivity contribution in [2.75, 3.05) is 36.4 Å². The van der Waals surface area contributed by atoms with Gasteiger partial charge in [0.05, 0.1) is 27.6 Å². The van der Waals surface area contributed by atoms with Crippen LogP contribution in [0.15, 0.2) is 54.9 Å². The first-order chi connectivity index (χ1) is 16.2. The fraction of sp³-hybridized carbons (Fsp3) is 0.304. The quantitative estimate of drug-likeness (QED) is 0.439. The third kappa shape index (κ3) is 4.65. The molecule has 1 aliphatic rings. The number of para-hydroxylation sites is 1. The number of nitro groups is 1. The van der Waals surface area contributed by atoms with Crippen LogP contribution in [0.2, 0.25) is 0 Å². The summed E-state index contributed by atoms with van der Waals surface area (Å²) in [6.45, 7) is 3.75.